The second-order valence-electron chi connectivity index (χ2n) is 12.4. The summed E-state index contributed by atoms with van der Waals surface area (Å²) in [6.07, 6.45) is 0.471. The number of esters is 1. The smallest absolute Gasteiger partial charge is 0.408 e. The van der Waals surface area contributed by atoms with Gasteiger partial charge >= 0.3 is 12.1 Å². The minimum Gasteiger partial charge on any atom is -0.460 e. The molecule has 12 heteroatoms. The number of carbonyl (C=O) groups excluding carboxylic acids is 6. The number of rotatable bonds is 17. The molecule has 0 aliphatic carbocycles. The van der Waals surface area contributed by atoms with Crippen molar-refractivity contribution < 1.29 is 38.2 Å². The van der Waals surface area contributed by atoms with Crippen molar-refractivity contribution in [2.45, 2.75) is 117 Å². The highest BCUT2D eigenvalue weighted by molar-refractivity contribution is 5.94. The number of alkyl carbamates (subject to hydrolysis) is 1. The fourth-order valence-corrected chi connectivity index (χ4v) is 4.12. The minimum absolute atomic E-state index is 0.00448. The second-order valence-corrected chi connectivity index (χ2v) is 12.4. The third-order valence-corrected chi connectivity index (χ3v) is 6.64. The zero-order valence-corrected chi connectivity index (χ0v) is 27.2. The van der Waals surface area contributed by atoms with Gasteiger partial charge in [0.25, 0.3) is 0 Å². The molecule has 0 saturated carbocycles. The van der Waals surface area contributed by atoms with Gasteiger partial charge in [0.1, 0.15) is 36.6 Å². The lowest BCUT2D eigenvalue weighted by molar-refractivity contribution is -0.155. The molecule has 1 aromatic rings. The summed E-state index contributed by atoms with van der Waals surface area (Å²) in [7, 11) is 0. The van der Waals surface area contributed by atoms with Crippen LogP contribution in [0.3, 0.4) is 0 Å². The average molecular weight is 619 g/mol. The molecule has 44 heavy (non-hydrogen) atoms. The Labute approximate surface area is 260 Å². The fraction of sp³-hybridized carbons (Fsp3) is 0.625. The molecule has 0 aliphatic heterocycles. The monoisotopic (exact) mass is 618 g/mol. The molecule has 0 aromatic heterocycles. The Balaban J connectivity index is 3.04. The van der Waals surface area contributed by atoms with Gasteiger partial charge in [-0.3, -0.25) is 19.2 Å². The number of benzene rings is 1. The van der Waals surface area contributed by atoms with Crippen molar-refractivity contribution in [2.24, 2.45) is 11.8 Å². The Bertz CT molecular complexity index is 1100. The van der Waals surface area contributed by atoms with Crippen LogP contribution < -0.4 is 21.3 Å². The van der Waals surface area contributed by atoms with Gasteiger partial charge in [-0.2, -0.15) is 0 Å². The van der Waals surface area contributed by atoms with E-state index in [1.807, 2.05) is 39.0 Å². The van der Waals surface area contributed by atoms with E-state index in [1.165, 1.54) is 6.92 Å². The first-order valence-electron chi connectivity index (χ1n) is 15.1. The maximum Gasteiger partial charge on any atom is 0.408 e. The molecule has 0 heterocycles. The van der Waals surface area contributed by atoms with E-state index >= 15 is 0 Å². The summed E-state index contributed by atoms with van der Waals surface area (Å²) in [5.74, 6) is -2.70. The van der Waals surface area contributed by atoms with Gasteiger partial charge in [0.15, 0.2) is 0 Å². The topological polar surface area (TPSA) is 169 Å². The molecule has 0 unspecified atom stereocenters. The zero-order chi connectivity index (χ0) is 33.4. The third kappa shape index (κ3) is 15.0. The summed E-state index contributed by atoms with van der Waals surface area (Å²) in [6.45, 7) is 14.0. The lowest BCUT2D eigenvalue weighted by Crippen LogP contribution is -2.58. The van der Waals surface area contributed by atoms with Crippen LogP contribution in [0.1, 0.15) is 86.6 Å². The first-order chi connectivity index (χ1) is 20.6. The van der Waals surface area contributed by atoms with Crippen LogP contribution in [0.2, 0.25) is 0 Å². The maximum atomic E-state index is 13.5. The van der Waals surface area contributed by atoms with Crippen LogP contribution in [0.25, 0.3) is 0 Å². The van der Waals surface area contributed by atoms with Crippen LogP contribution in [0.4, 0.5) is 4.79 Å². The molecule has 0 saturated heterocycles. The van der Waals surface area contributed by atoms with Crippen molar-refractivity contribution in [1.82, 2.24) is 21.3 Å². The summed E-state index contributed by atoms with van der Waals surface area (Å²) in [5, 5.41) is 10.4. The van der Waals surface area contributed by atoms with Crippen molar-refractivity contribution in [1.29, 1.82) is 0 Å². The lowest BCUT2D eigenvalue weighted by atomic mass is 9.97. The van der Waals surface area contributed by atoms with Crippen LogP contribution in [-0.2, 0) is 40.1 Å². The standard InChI is InChI=1S/C32H50N4O8/c1-9-21(4)27(36-31(42)43-19-23-13-11-10-12-14-23)30(41)35-25(15-16-26(38)44-32(6,7)8)29(40)33-22(5)28(39)34-24(18-37)17-20(2)3/h10-14,18,20-22,24-25,27H,9,15-17,19H2,1-8H3,(H,33,40)(H,34,39)(H,35,41)(H,36,42)/t21-,22-,24-,25-,27-/m0/s1. The van der Waals surface area contributed by atoms with E-state index < -0.39 is 59.6 Å². The predicted molar refractivity (Wildman–Crippen MR) is 165 cm³/mol. The summed E-state index contributed by atoms with van der Waals surface area (Å²) in [6, 6.07) is 5.00. The Morgan fingerprint density at radius 3 is 2.05 bits per heavy atom. The molecule has 0 bridgehead atoms. The van der Waals surface area contributed by atoms with Crippen LogP contribution in [-0.4, -0.2) is 65.8 Å². The predicted octanol–water partition coefficient (Wildman–Crippen LogP) is 3.17. The lowest BCUT2D eigenvalue weighted by Gasteiger charge is -2.27. The molecule has 0 aliphatic rings. The largest absolute Gasteiger partial charge is 0.460 e. The van der Waals surface area contributed by atoms with Gasteiger partial charge in [0.2, 0.25) is 17.7 Å². The molecule has 0 radical (unpaired) electrons. The van der Waals surface area contributed by atoms with Crippen molar-refractivity contribution in [2.75, 3.05) is 0 Å². The van der Waals surface area contributed by atoms with Crippen molar-refractivity contribution in [3.8, 4) is 0 Å². The van der Waals surface area contributed by atoms with Crippen LogP contribution in [0.15, 0.2) is 30.3 Å². The summed E-state index contributed by atoms with van der Waals surface area (Å²) < 4.78 is 10.6. The number of hydrogen-bond donors (Lipinski definition) is 4. The van der Waals surface area contributed by atoms with Gasteiger partial charge in [-0.15, -0.1) is 0 Å². The summed E-state index contributed by atoms with van der Waals surface area (Å²) in [5.41, 5.74) is 0.0227. The highest BCUT2D eigenvalue weighted by Crippen LogP contribution is 2.13. The normalized spacial score (nSPS) is 14.7. The molecule has 4 amide bonds. The molecule has 246 valence electrons. The van der Waals surface area contributed by atoms with Gasteiger partial charge in [-0.05, 0) is 57.9 Å². The number of nitrogens with one attached hydrogen (secondary N) is 4. The quantitative estimate of drug-likeness (QED) is 0.152. The average Bonchev–Trinajstić information content (AvgIpc) is 2.95. The number of aldehydes is 1. The van der Waals surface area contributed by atoms with E-state index in [9.17, 15) is 28.8 Å². The number of amides is 4. The van der Waals surface area contributed by atoms with Crippen molar-refractivity contribution >= 4 is 36.1 Å². The first kappa shape index (κ1) is 38.1. The molecule has 0 spiro atoms. The first-order valence-corrected chi connectivity index (χ1v) is 15.1. The van der Waals surface area contributed by atoms with Crippen LogP contribution >= 0.6 is 0 Å². The SMILES string of the molecule is CC[C@H](C)[C@H](NC(=O)OCc1ccccc1)C(=O)N[C@@H](CCC(=O)OC(C)(C)C)C(=O)N[C@@H](C)C(=O)N[C@H](C=O)CC(C)C. The molecule has 4 N–H and O–H groups in total. The molecular weight excluding hydrogens is 568 g/mol. The Morgan fingerprint density at radius 1 is 0.864 bits per heavy atom. The number of hydrogen-bond acceptors (Lipinski definition) is 8. The van der Waals surface area contributed by atoms with Crippen molar-refractivity contribution in [3.63, 3.8) is 0 Å². The van der Waals surface area contributed by atoms with Gasteiger partial charge in [-0.1, -0.05) is 64.4 Å². The Morgan fingerprint density at radius 2 is 1.50 bits per heavy atom. The van der Waals surface area contributed by atoms with Gasteiger partial charge in [0.05, 0.1) is 6.04 Å². The van der Waals surface area contributed by atoms with E-state index in [2.05, 4.69) is 21.3 Å². The Hall–Kier alpha value is -3.96. The highest BCUT2D eigenvalue weighted by Gasteiger charge is 2.32. The summed E-state index contributed by atoms with van der Waals surface area (Å²) >= 11 is 0. The van der Waals surface area contributed by atoms with E-state index in [-0.39, 0.29) is 31.3 Å². The number of carbonyl (C=O) groups is 6. The van der Waals surface area contributed by atoms with E-state index in [1.54, 1.807) is 39.8 Å². The molecule has 12 nitrogen and oxygen atoms in total. The van der Waals surface area contributed by atoms with Gasteiger partial charge in [0, 0.05) is 6.42 Å². The van der Waals surface area contributed by atoms with Gasteiger partial charge < -0.3 is 35.5 Å². The van der Waals surface area contributed by atoms with Crippen LogP contribution in [0, 0.1) is 11.8 Å². The minimum atomic E-state index is -1.24. The fourth-order valence-electron chi connectivity index (χ4n) is 4.12. The third-order valence-electron chi connectivity index (χ3n) is 6.64. The molecule has 5 atom stereocenters. The van der Waals surface area contributed by atoms with Gasteiger partial charge in [-0.25, -0.2) is 4.79 Å². The van der Waals surface area contributed by atoms with E-state index in [4.69, 9.17) is 9.47 Å². The maximum absolute atomic E-state index is 13.5. The molecule has 1 rings (SSSR count). The Kier molecular flexibility index (Phi) is 16.1. The van der Waals surface area contributed by atoms with Crippen molar-refractivity contribution in [3.05, 3.63) is 35.9 Å². The number of ether oxygens (including phenoxy) is 2. The molecule has 0 fully saturated rings. The van der Waals surface area contributed by atoms with Crippen LogP contribution in [0.5, 0.6) is 0 Å². The second kappa shape index (κ2) is 18.6. The van der Waals surface area contributed by atoms with E-state index in [0.717, 1.165) is 5.56 Å². The molecule has 1 aromatic carbocycles. The summed E-state index contributed by atoms with van der Waals surface area (Å²) in [4.78, 5) is 75.9. The molecular formula is C32H50N4O8. The zero-order valence-electron chi connectivity index (χ0n) is 27.2. The highest BCUT2D eigenvalue weighted by atomic mass is 16.6. The van der Waals surface area contributed by atoms with E-state index in [0.29, 0.717) is 19.1 Å².